The number of aliphatic hydroxyl groups is 1. The van der Waals surface area contributed by atoms with E-state index in [1.54, 1.807) is 6.92 Å². The number of carbonyl (C=O) groups excluding carboxylic acids is 2. The number of rotatable bonds is 8. The maximum Gasteiger partial charge on any atom is 0.335 e. The Kier molecular flexibility index (Phi) is 8.52. The van der Waals surface area contributed by atoms with Crippen molar-refractivity contribution in [1.82, 2.24) is 0 Å². The van der Waals surface area contributed by atoms with Crippen molar-refractivity contribution in [1.29, 1.82) is 0 Å². The number of benzene rings is 2. The molecule has 0 aromatic heterocycles. The van der Waals surface area contributed by atoms with Crippen molar-refractivity contribution in [3.63, 3.8) is 0 Å². The van der Waals surface area contributed by atoms with Crippen LogP contribution in [0.2, 0.25) is 0 Å². The Morgan fingerprint density at radius 1 is 1.07 bits per heavy atom. The molecular formula is C25H30O4S. The fourth-order valence-electron chi connectivity index (χ4n) is 3.97. The minimum absolute atomic E-state index is 0.0775. The molecule has 5 heteroatoms. The van der Waals surface area contributed by atoms with E-state index in [0.29, 0.717) is 18.8 Å². The van der Waals surface area contributed by atoms with Crippen LogP contribution in [0.3, 0.4) is 0 Å². The van der Waals surface area contributed by atoms with Crippen LogP contribution in [0.25, 0.3) is 0 Å². The third-order valence-electron chi connectivity index (χ3n) is 5.58. The third-order valence-corrected chi connectivity index (χ3v) is 6.44. The number of hydrogen-bond donors (Lipinski definition) is 1. The van der Waals surface area contributed by atoms with Crippen molar-refractivity contribution in [2.24, 2.45) is 0 Å². The molecule has 1 unspecified atom stereocenters. The highest BCUT2D eigenvalue weighted by molar-refractivity contribution is 8.13. The summed E-state index contributed by atoms with van der Waals surface area (Å²) in [5, 5.41) is 10.3. The van der Waals surface area contributed by atoms with Gasteiger partial charge in [-0.05, 0) is 54.4 Å². The van der Waals surface area contributed by atoms with Gasteiger partial charge in [-0.25, -0.2) is 4.79 Å². The highest BCUT2D eigenvalue weighted by atomic mass is 32.2. The van der Waals surface area contributed by atoms with Gasteiger partial charge >= 0.3 is 5.97 Å². The van der Waals surface area contributed by atoms with Crippen LogP contribution in [0.4, 0.5) is 0 Å². The Labute approximate surface area is 183 Å². The van der Waals surface area contributed by atoms with Gasteiger partial charge in [0.05, 0.1) is 0 Å². The predicted molar refractivity (Wildman–Crippen MR) is 119 cm³/mol. The van der Waals surface area contributed by atoms with Gasteiger partial charge in [0.15, 0.2) is 11.2 Å². The van der Waals surface area contributed by atoms with Crippen molar-refractivity contribution in [3.8, 4) is 0 Å². The smallest absolute Gasteiger partial charge is 0.335 e. The topological polar surface area (TPSA) is 63.6 Å². The first-order valence-electron chi connectivity index (χ1n) is 10.7. The molecule has 1 atom stereocenters. The molecule has 3 rings (SSSR count). The average molecular weight is 427 g/mol. The first kappa shape index (κ1) is 22.6. The van der Waals surface area contributed by atoms with E-state index in [1.807, 2.05) is 30.3 Å². The first-order chi connectivity index (χ1) is 14.5. The average Bonchev–Trinajstić information content (AvgIpc) is 2.77. The van der Waals surface area contributed by atoms with Gasteiger partial charge in [-0.2, -0.15) is 0 Å². The third kappa shape index (κ3) is 6.71. The molecule has 4 nitrogen and oxygen atoms in total. The quantitative estimate of drug-likeness (QED) is 0.452. The van der Waals surface area contributed by atoms with Crippen molar-refractivity contribution in [2.75, 3.05) is 0 Å². The lowest BCUT2D eigenvalue weighted by Crippen LogP contribution is -2.23. The number of ether oxygens (including phenoxy) is 1. The molecule has 160 valence electrons. The van der Waals surface area contributed by atoms with Crippen molar-refractivity contribution < 1.29 is 19.4 Å². The van der Waals surface area contributed by atoms with E-state index in [0.717, 1.165) is 16.0 Å². The molecule has 1 saturated carbocycles. The summed E-state index contributed by atoms with van der Waals surface area (Å²) in [6, 6.07) is 15.7. The molecule has 0 bridgehead atoms. The van der Waals surface area contributed by atoms with E-state index in [9.17, 15) is 14.7 Å². The molecule has 1 N–H and O–H groups in total. The zero-order valence-corrected chi connectivity index (χ0v) is 18.3. The fourth-order valence-corrected chi connectivity index (χ4v) is 4.85. The Morgan fingerprint density at radius 3 is 2.50 bits per heavy atom. The van der Waals surface area contributed by atoms with Crippen LogP contribution in [-0.2, 0) is 27.4 Å². The lowest BCUT2D eigenvalue weighted by Gasteiger charge is -2.24. The van der Waals surface area contributed by atoms with E-state index in [1.165, 1.54) is 49.4 Å². The van der Waals surface area contributed by atoms with E-state index < -0.39 is 12.1 Å². The Hall–Kier alpha value is -2.11. The largest absolute Gasteiger partial charge is 0.459 e. The number of aliphatic hydroxyl groups excluding tert-OH is 1. The highest BCUT2D eigenvalue weighted by Gasteiger charge is 2.21. The summed E-state index contributed by atoms with van der Waals surface area (Å²) in [6.45, 7) is 1.75. The molecule has 0 spiro atoms. The lowest BCUT2D eigenvalue weighted by atomic mass is 9.83. The summed E-state index contributed by atoms with van der Waals surface area (Å²) in [5.41, 5.74) is 3.18. The summed E-state index contributed by atoms with van der Waals surface area (Å²) in [5.74, 6) is -0.0794. The predicted octanol–water partition coefficient (Wildman–Crippen LogP) is 5.41. The summed E-state index contributed by atoms with van der Waals surface area (Å²) in [7, 11) is 0. The SMILES string of the molecule is CC(=O)Sc1cc(CCC(O)C(=O)OCc2ccccc2)ccc1C1CCCCC1. The van der Waals surface area contributed by atoms with Gasteiger partial charge in [0.2, 0.25) is 0 Å². The van der Waals surface area contributed by atoms with Gasteiger partial charge in [-0.15, -0.1) is 0 Å². The molecule has 0 saturated heterocycles. The fraction of sp³-hybridized carbons (Fsp3) is 0.440. The zero-order valence-electron chi connectivity index (χ0n) is 17.5. The second kappa shape index (κ2) is 11.3. The van der Waals surface area contributed by atoms with Gasteiger partial charge in [-0.3, -0.25) is 4.79 Å². The first-order valence-corrected chi connectivity index (χ1v) is 11.5. The normalized spacial score (nSPS) is 15.5. The van der Waals surface area contributed by atoms with Gasteiger partial charge < -0.3 is 9.84 Å². The maximum absolute atomic E-state index is 12.1. The Balaban J connectivity index is 1.58. The molecule has 0 amide bonds. The van der Waals surface area contributed by atoms with Crippen LogP contribution >= 0.6 is 11.8 Å². The Morgan fingerprint density at radius 2 is 1.80 bits per heavy atom. The summed E-state index contributed by atoms with van der Waals surface area (Å²) >= 11 is 1.29. The molecule has 0 radical (unpaired) electrons. The number of aryl methyl sites for hydroxylation is 1. The molecule has 0 heterocycles. The number of thioether (sulfide) groups is 1. The van der Waals surface area contributed by atoms with E-state index in [4.69, 9.17) is 4.74 Å². The number of hydrogen-bond acceptors (Lipinski definition) is 5. The minimum atomic E-state index is -1.16. The molecule has 2 aromatic rings. The monoisotopic (exact) mass is 426 g/mol. The van der Waals surface area contributed by atoms with Crippen LogP contribution < -0.4 is 0 Å². The molecule has 1 aliphatic carbocycles. The molecule has 30 heavy (non-hydrogen) atoms. The van der Waals surface area contributed by atoms with Gasteiger partial charge in [0, 0.05) is 11.8 Å². The zero-order chi connectivity index (χ0) is 21.3. The van der Waals surface area contributed by atoms with E-state index in [2.05, 4.69) is 18.2 Å². The van der Waals surface area contributed by atoms with Gasteiger partial charge in [0.1, 0.15) is 6.61 Å². The van der Waals surface area contributed by atoms with Crippen molar-refractivity contribution in [3.05, 3.63) is 65.2 Å². The van der Waals surface area contributed by atoms with Crippen LogP contribution in [-0.4, -0.2) is 22.3 Å². The summed E-state index contributed by atoms with van der Waals surface area (Å²) < 4.78 is 5.22. The molecular weight excluding hydrogens is 396 g/mol. The van der Waals surface area contributed by atoms with E-state index in [-0.39, 0.29) is 11.7 Å². The molecule has 1 aliphatic rings. The summed E-state index contributed by atoms with van der Waals surface area (Å²) in [6.07, 6.45) is 5.83. The molecule has 0 aliphatic heterocycles. The van der Waals surface area contributed by atoms with Crippen molar-refractivity contribution >= 4 is 22.8 Å². The number of carbonyl (C=O) groups is 2. The maximum atomic E-state index is 12.1. The second-order valence-electron chi connectivity index (χ2n) is 7.95. The minimum Gasteiger partial charge on any atom is -0.459 e. The molecule has 1 fully saturated rings. The number of esters is 1. The van der Waals surface area contributed by atoms with E-state index >= 15 is 0 Å². The standard InChI is InChI=1S/C25H30O4S/c1-18(26)30-24-16-19(12-14-22(24)21-10-6-3-7-11-21)13-15-23(27)25(28)29-17-20-8-4-2-5-9-20/h2,4-5,8-9,12,14,16,21,23,27H,3,6-7,10-11,13,15,17H2,1H3. The van der Waals surface area contributed by atoms with Crippen LogP contribution in [0.15, 0.2) is 53.4 Å². The summed E-state index contributed by atoms with van der Waals surface area (Å²) in [4.78, 5) is 24.9. The Bertz CT molecular complexity index is 843. The van der Waals surface area contributed by atoms with Crippen LogP contribution in [0.1, 0.15) is 68.1 Å². The molecule has 2 aromatic carbocycles. The van der Waals surface area contributed by atoms with Crippen molar-refractivity contribution in [2.45, 2.75) is 75.4 Å². The lowest BCUT2D eigenvalue weighted by molar-refractivity contribution is -0.155. The van der Waals surface area contributed by atoms with Crippen LogP contribution in [0.5, 0.6) is 0 Å². The van der Waals surface area contributed by atoms with Crippen LogP contribution in [0, 0.1) is 0 Å². The highest BCUT2D eigenvalue weighted by Crippen LogP contribution is 2.38. The second-order valence-corrected chi connectivity index (χ2v) is 9.17. The van der Waals surface area contributed by atoms with Gasteiger partial charge in [0.25, 0.3) is 0 Å². The van der Waals surface area contributed by atoms with Gasteiger partial charge in [-0.1, -0.05) is 73.5 Å².